The van der Waals surface area contributed by atoms with Gasteiger partial charge in [-0.05, 0) is 97.6 Å². The van der Waals surface area contributed by atoms with Crippen molar-refractivity contribution in [1.29, 1.82) is 0 Å². The van der Waals surface area contributed by atoms with Gasteiger partial charge in [-0.15, -0.1) is 0 Å². The van der Waals surface area contributed by atoms with Crippen LogP contribution in [0.1, 0.15) is 134 Å². The maximum Gasteiger partial charge on any atom is 0.126 e. The molecule has 1 spiro atoms. The van der Waals surface area contributed by atoms with Crippen LogP contribution in [-0.4, -0.2) is 21.0 Å². The second-order valence-corrected chi connectivity index (χ2v) is 18.2. The highest BCUT2D eigenvalue weighted by atomic mass is 16.5. The zero-order chi connectivity index (χ0) is 34.9. The summed E-state index contributed by atoms with van der Waals surface area (Å²) in [5.74, 6) is 2.31. The van der Waals surface area contributed by atoms with Gasteiger partial charge in [-0.2, -0.15) is 5.10 Å². The molecule has 0 atom stereocenters. The fourth-order valence-electron chi connectivity index (χ4n) is 7.17. The molecule has 0 amide bonds. The van der Waals surface area contributed by atoms with Crippen LogP contribution in [0.5, 0.6) is 11.5 Å². The van der Waals surface area contributed by atoms with Gasteiger partial charge in [0.1, 0.15) is 22.7 Å². The molecule has 2 aliphatic heterocycles. The molecule has 1 aliphatic carbocycles. The Labute approximate surface area is 285 Å². The van der Waals surface area contributed by atoms with E-state index in [-0.39, 0.29) is 27.4 Å². The van der Waals surface area contributed by atoms with Gasteiger partial charge in [0.15, 0.2) is 0 Å². The number of hydrogen-bond acceptors (Lipinski definition) is 3. The van der Waals surface area contributed by atoms with E-state index in [1.54, 1.807) is 0 Å². The molecule has 0 radical (unpaired) electrons. The summed E-state index contributed by atoms with van der Waals surface area (Å²) in [6.07, 6.45) is 4.64. The topological polar surface area (TPSA) is 36.3 Å². The van der Waals surface area contributed by atoms with Crippen molar-refractivity contribution in [3.8, 4) is 11.5 Å². The number of aryl methyl sites for hydroxylation is 4. The summed E-state index contributed by atoms with van der Waals surface area (Å²) in [7, 11) is 2.00. The molecule has 3 aromatic carbocycles. The van der Waals surface area contributed by atoms with Crippen LogP contribution in [0.15, 0.2) is 42.5 Å². The molecule has 3 aliphatic rings. The third-order valence-corrected chi connectivity index (χ3v) is 10.0. The second kappa shape index (κ2) is 11.7. The van der Waals surface area contributed by atoms with E-state index in [2.05, 4.69) is 144 Å². The van der Waals surface area contributed by atoms with Crippen molar-refractivity contribution in [1.82, 2.24) is 9.78 Å². The summed E-state index contributed by atoms with van der Waals surface area (Å²) in [6, 6.07) is 15.6. The molecule has 3 heterocycles. The number of nitrogens with zero attached hydrogens (tertiary/aromatic N) is 2. The van der Waals surface area contributed by atoms with Gasteiger partial charge in [0, 0.05) is 36.4 Å². The van der Waals surface area contributed by atoms with E-state index in [0.29, 0.717) is 0 Å². The Morgan fingerprint density at radius 1 is 0.660 bits per heavy atom. The average molecular weight is 637 g/mol. The first-order valence-electron chi connectivity index (χ1n) is 17.6. The van der Waals surface area contributed by atoms with Crippen LogP contribution >= 0.6 is 0 Å². The zero-order valence-electron chi connectivity index (χ0n) is 32.1. The van der Waals surface area contributed by atoms with Gasteiger partial charge in [-0.1, -0.05) is 98.7 Å². The molecule has 1 fully saturated rings. The highest BCUT2D eigenvalue weighted by molar-refractivity contribution is 5.82. The van der Waals surface area contributed by atoms with Crippen molar-refractivity contribution in [3.05, 3.63) is 87.1 Å². The number of hydrogen-bond donors (Lipinski definition) is 0. The summed E-state index contributed by atoms with van der Waals surface area (Å²) in [4.78, 5) is 0. The molecule has 1 saturated carbocycles. The lowest BCUT2D eigenvalue weighted by Gasteiger charge is -2.22. The summed E-state index contributed by atoms with van der Waals surface area (Å²) in [5, 5.41) is 5.69. The van der Waals surface area contributed by atoms with Gasteiger partial charge in [0.25, 0.3) is 0 Å². The van der Waals surface area contributed by atoms with E-state index < -0.39 is 0 Å². The minimum Gasteiger partial charge on any atom is -0.487 e. The number of rotatable bonds is 0. The van der Waals surface area contributed by atoms with Crippen LogP contribution in [0, 0.1) is 20.8 Å². The summed E-state index contributed by atoms with van der Waals surface area (Å²) in [6.45, 7) is 31.0. The molecule has 4 heteroatoms. The molecule has 4 aromatic rings. The van der Waals surface area contributed by atoms with Gasteiger partial charge in [-0.25, -0.2) is 0 Å². The van der Waals surface area contributed by atoms with Crippen LogP contribution in [0.3, 0.4) is 0 Å². The first-order valence-corrected chi connectivity index (χ1v) is 17.6. The lowest BCUT2D eigenvalue weighted by molar-refractivity contribution is 0.137. The lowest BCUT2D eigenvalue weighted by Crippen LogP contribution is -2.25. The van der Waals surface area contributed by atoms with Crippen LogP contribution in [0.25, 0.3) is 10.9 Å². The quantitative estimate of drug-likeness (QED) is 0.193. The zero-order valence-corrected chi connectivity index (χ0v) is 32.1. The minimum atomic E-state index is -0.0472. The molecule has 47 heavy (non-hydrogen) atoms. The molecule has 0 saturated heterocycles. The Kier molecular flexibility index (Phi) is 8.73. The van der Waals surface area contributed by atoms with E-state index in [9.17, 15) is 0 Å². The summed E-state index contributed by atoms with van der Waals surface area (Å²) in [5.41, 5.74) is 12.8. The largest absolute Gasteiger partial charge is 0.487 e. The molecule has 0 bridgehead atoms. The second-order valence-electron chi connectivity index (χ2n) is 18.2. The Morgan fingerprint density at radius 2 is 1.17 bits per heavy atom. The highest BCUT2D eigenvalue weighted by Gasteiger charge is 2.51. The van der Waals surface area contributed by atoms with Crippen molar-refractivity contribution in [2.75, 3.05) is 0 Å². The first-order chi connectivity index (χ1) is 21.5. The maximum absolute atomic E-state index is 6.17. The number of aromatic nitrogens is 2. The first kappa shape index (κ1) is 35.0. The number of fused-ring (bicyclic) bond motifs is 3. The third-order valence-electron chi connectivity index (χ3n) is 10.0. The van der Waals surface area contributed by atoms with Crippen LogP contribution < -0.4 is 9.47 Å². The maximum atomic E-state index is 6.17. The molecule has 4 nitrogen and oxygen atoms in total. The van der Waals surface area contributed by atoms with Gasteiger partial charge >= 0.3 is 0 Å². The number of benzene rings is 3. The Hall–Kier alpha value is -3.27. The lowest BCUT2D eigenvalue weighted by atomic mass is 9.81. The summed E-state index contributed by atoms with van der Waals surface area (Å²) >= 11 is 0. The van der Waals surface area contributed by atoms with Gasteiger partial charge in [0.05, 0.1) is 11.2 Å². The van der Waals surface area contributed by atoms with Crippen molar-refractivity contribution < 1.29 is 9.47 Å². The Bertz CT molecular complexity index is 1720. The Morgan fingerprint density at radius 3 is 1.66 bits per heavy atom. The number of ether oxygens (including phenoxy) is 2. The standard InChI is InChI=1S/C15H20O.C15H22O.C13H18N2/c1-10-5-6-12(14(2,3)4)11-9-15(7-8-15)16-13(10)11;1-10-7-8-12(14(2,3)4)11-9-15(5,6)16-13(10)11;1-9-11-7-6-10(13(2,3)4)8-12(11)15(5)14-9/h5-6H,7-9H2,1-4H3;7-8H,9H2,1-6H3;6-8H,1-5H3. The van der Waals surface area contributed by atoms with E-state index in [1.165, 1.54) is 68.4 Å². The SMILES string of the molecule is Cc1ccc(C(C)(C)C)c2c1OC(C)(C)C2.Cc1ccc(C(C)(C)C)c2c1OC1(CC1)C2.Cc1nn(C)c2cc(C(C)(C)C)ccc12. The van der Waals surface area contributed by atoms with Crippen LogP contribution in [-0.2, 0) is 36.1 Å². The van der Waals surface area contributed by atoms with Crippen molar-refractivity contribution >= 4 is 10.9 Å². The molecule has 7 rings (SSSR count). The van der Waals surface area contributed by atoms with Crippen molar-refractivity contribution in [3.63, 3.8) is 0 Å². The van der Waals surface area contributed by atoms with E-state index >= 15 is 0 Å². The minimum absolute atomic E-state index is 0.0472. The monoisotopic (exact) mass is 636 g/mol. The smallest absolute Gasteiger partial charge is 0.126 e. The Balaban J connectivity index is 0.000000138. The van der Waals surface area contributed by atoms with E-state index in [4.69, 9.17) is 9.47 Å². The molecular weight excluding hydrogens is 576 g/mol. The summed E-state index contributed by atoms with van der Waals surface area (Å²) < 4.78 is 14.2. The van der Waals surface area contributed by atoms with E-state index in [1.807, 2.05) is 11.7 Å². The highest BCUT2D eigenvalue weighted by Crippen LogP contribution is 2.53. The molecule has 0 N–H and O–H groups in total. The van der Waals surface area contributed by atoms with Crippen LogP contribution in [0.4, 0.5) is 0 Å². The van der Waals surface area contributed by atoms with E-state index in [0.717, 1.165) is 24.3 Å². The molecular formula is C43H60N2O2. The van der Waals surface area contributed by atoms with Crippen molar-refractivity contribution in [2.45, 2.75) is 150 Å². The van der Waals surface area contributed by atoms with Gasteiger partial charge in [-0.3, -0.25) is 4.68 Å². The van der Waals surface area contributed by atoms with Crippen molar-refractivity contribution in [2.24, 2.45) is 7.05 Å². The van der Waals surface area contributed by atoms with Crippen LogP contribution in [0.2, 0.25) is 0 Å². The van der Waals surface area contributed by atoms with Gasteiger partial charge in [0.2, 0.25) is 0 Å². The van der Waals surface area contributed by atoms with Gasteiger partial charge < -0.3 is 9.47 Å². The molecule has 254 valence electrons. The third kappa shape index (κ3) is 7.27. The normalized spacial score (nSPS) is 17.2. The predicted octanol–water partition coefficient (Wildman–Crippen LogP) is 10.9. The predicted molar refractivity (Wildman–Crippen MR) is 199 cm³/mol. The average Bonchev–Trinajstić information content (AvgIpc) is 3.29. The fourth-order valence-corrected chi connectivity index (χ4v) is 7.17. The molecule has 0 unspecified atom stereocenters. The molecule has 1 aromatic heterocycles. The fraction of sp³-hybridized carbons (Fsp3) is 0.558.